The van der Waals surface area contributed by atoms with Crippen LogP contribution in [0.5, 0.6) is 5.75 Å². The van der Waals surface area contributed by atoms with Gasteiger partial charge in [0.1, 0.15) is 5.75 Å². The SMILES string of the molecule is CCOc1ccccc1Nc1ccc(C(=O)NC(C)CC)nn1. The minimum Gasteiger partial charge on any atom is -0.492 e. The van der Waals surface area contributed by atoms with Gasteiger partial charge in [0.2, 0.25) is 0 Å². The molecular formula is C17H22N4O2. The number of para-hydroxylation sites is 2. The van der Waals surface area contributed by atoms with E-state index in [1.807, 2.05) is 45.0 Å². The summed E-state index contributed by atoms with van der Waals surface area (Å²) in [6.45, 7) is 6.48. The molecule has 1 amide bonds. The lowest BCUT2D eigenvalue weighted by atomic mass is 10.2. The standard InChI is InChI=1S/C17H22N4O2/c1-4-12(3)18-17(22)14-10-11-16(21-20-14)19-13-8-6-7-9-15(13)23-5-2/h6-12H,4-5H2,1-3H3,(H,18,22)(H,19,21). The highest BCUT2D eigenvalue weighted by Crippen LogP contribution is 2.26. The molecule has 0 saturated heterocycles. The second-order valence-electron chi connectivity index (χ2n) is 5.14. The summed E-state index contributed by atoms with van der Waals surface area (Å²) < 4.78 is 5.55. The van der Waals surface area contributed by atoms with Crippen LogP contribution in [-0.4, -0.2) is 28.8 Å². The zero-order valence-corrected chi connectivity index (χ0v) is 13.7. The number of anilines is 2. The fraction of sp³-hybridized carbons (Fsp3) is 0.353. The predicted octanol–water partition coefficient (Wildman–Crippen LogP) is 3.15. The van der Waals surface area contributed by atoms with Crippen molar-refractivity contribution in [1.29, 1.82) is 0 Å². The van der Waals surface area contributed by atoms with Gasteiger partial charge in [0, 0.05) is 6.04 Å². The third-order valence-electron chi connectivity index (χ3n) is 3.34. The first-order valence-electron chi connectivity index (χ1n) is 7.77. The number of aromatic nitrogens is 2. The summed E-state index contributed by atoms with van der Waals surface area (Å²) >= 11 is 0. The smallest absolute Gasteiger partial charge is 0.272 e. The van der Waals surface area contributed by atoms with Crippen LogP contribution in [0.3, 0.4) is 0 Å². The lowest BCUT2D eigenvalue weighted by Gasteiger charge is -2.12. The summed E-state index contributed by atoms with van der Waals surface area (Å²) in [6.07, 6.45) is 0.868. The van der Waals surface area contributed by atoms with Crippen LogP contribution in [0.4, 0.5) is 11.5 Å². The van der Waals surface area contributed by atoms with Crippen LogP contribution in [0.2, 0.25) is 0 Å². The molecule has 0 saturated carbocycles. The van der Waals surface area contributed by atoms with Gasteiger partial charge >= 0.3 is 0 Å². The molecule has 0 fully saturated rings. The van der Waals surface area contributed by atoms with Gasteiger partial charge < -0.3 is 15.4 Å². The lowest BCUT2D eigenvalue weighted by molar-refractivity contribution is 0.0933. The van der Waals surface area contributed by atoms with Crippen LogP contribution in [-0.2, 0) is 0 Å². The Bertz CT molecular complexity index is 643. The van der Waals surface area contributed by atoms with E-state index in [1.54, 1.807) is 12.1 Å². The summed E-state index contributed by atoms with van der Waals surface area (Å²) in [4.78, 5) is 12.0. The van der Waals surface area contributed by atoms with Crippen molar-refractivity contribution < 1.29 is 9.53 Å². The number of ether oxygens (including phenoxy) is 1. The maximum atomic E-state index is 12.0. The van der Waals surface area contributed by atoms with E-state index >= 15 is 0 Å². The Morgan fingerprint density at radius 1 is 1.17 bits per heavy atom. The van der Waals surface area contributed by atoms with Crippen molar-refractivity contribution in [3.8, 4) is 5.75 Å². The van der Waals surface area contributed by atoms with Crippen LogP contribution in [0, 0.1) is 0 Å². The Labute approximate surface area is 136 Å². The largest absolute Gasteiger partial charge is 0.492 e. The number of amides is 1. The minimum absolute atomic E-state index is 0.111. The average Bonchev–Trinajstić information content (AvgIpc) is 2.57. The Hall–Kier alpha value is -2.63. The molecule has 1 unspecified atom stereocenters. The van der Waals surface area contributed by atoms with E-state index in [-0.39, 0.29) is 11.9 Å². The maximum absolute atomic E-state index is 12.0. The third kappa shape index (κ3) is 4.67. The molecule has 0 aliphatic carbocycles. The zero-order valence-electron chi connectivity index (χ0n) is 13.7. The first-order chi connectivity index (χ1) is 11.1. The molecule has 0 aliphatic heterocycles. The molecule has 2 rings (SSSR count). The van der Waals surface area contributed by atoms with Crippen LogP contribution in [0.25, 0.3) is 0 Å². The van der Waals surface area contributed by atoms with Crippen LogP contribution >= 0.6 is 0 Å². The van der Waals surface area contributed by atoms with E-state index in [0.29, 0.717) is 18.1 Å². The summed E-state index contributed by atoms with van der Waals surface area (Å²) in [6, 6.07) is 11.1. The molecule has 122 valence electrons. The molecule has 2 aromatic rings. The van der Waals surface area contributed by atoms with Gasteiger partial charge in [-0.25, -0.2) is 0 Å². The van der Waals surface area contributed by atoms with E-state index in [4.69, 9.17) is 4.74 Å². The number of nitrogens with one attached hydrogen (secondary N) is 2. The van der Waals surface area contributed by atoms with Crippen molar-refractivity contribution >= 4 is 17.4 Å². The molecule has 1 atom stereocenters. The van der Waals surface area contributed by atoms with Crippen LogP contribution in [0.1, 0.15) is 37.7 Å². The van der Waals surface area contributed by atoms with Gasteiger partial charge in [-0.3, -0.25) is 4.79 Å². The van der Waals surface area contributed by atoms with Crippen molar-refractivity contribution in [1.82, 2.24) is 15.5 Å². The van der Waals surface area contributed by atoms with E-state index in [0.717, 1.165) is 17.9 Å². The average molecular weight is 314 g/mol. The van der Waals surface area contributed by atoms with Crippen LogP contribution < -0.4 is 15.4 Å². The maximum Gasteiger partial charge on any atom is 0.272 e. The van der Waals surface area contributed by atoms with Crippen molar-refractivity contribution in [2.24, 2.45) is 0 Å². The van der Waals surface area contributed by atoms with Gasteiger partial charge in [-0.1, -0.05) is 19.1 Å². The summed E-state index contributed by atoms with van der Waals surface area (Å²) in [5.41, 5.74) is 1.11. The van der Waals surface area contributed by atoms with Gasteiger partial charge in [0.25, 0.3) is 5.91 Å². The second kappa shape index (κ2) is 8.12. The Morgan fingerprint density at radius 2 is 1.96 bits per heavy atom. The molecule has 0 spiro atoms. The zero-order chi connectivity index (χ0) is 16.7. The fourth-order valence-corrected chi connectivity index (χ4v) is 1.91. The highest BCUT2D eigenvalue weighted by molar-refractivity contribution is 5.92. The third-order valence-corrected chi connectivity index (χ3v) is 3.34. The normalized spacial score (nSPS) is 11.6. The van der Waals surface area contributed by atoms with Gasteiger partial charge in [-0.15, -0.1) is 10.2 Å². The molecule has 0 radical (unpaired) electrons. The molecule has 0 aliphatic rings. The highest BCUT2D eigenvalue weighted by Gasteiger charge is 2.11. The predicted molar refractivity (Wildman–Crippen MR) is 90.1 cm³/mol. The minimum atomic E-state index is -0.215. The van der Waals surface area contributed by atoms with Crippen molar-refractivity contribution in [2.45, 2.75) is 33.2 Å². The van der Waals surface area contributed by atoms with Crippen LogP contribution in [0.15, 0.2) is 36.4 Å². The number of carbonyl (C=O) groups excluding carboxylic acids is 1. The fourth-order valence-electron chi connectivity index (χ4n) is 1.91. The molecule has 6 heteroatoms. The highest BCUT2D eigenvalue weighted by atomic mass is 16.5. The Balaban J connectivity index is 2.07. The molecule has 1 aromatic heterocycles. The van der Waals surface area contributed by atoms with E-state index < -0.39 is 0 Å². The van der Waals surface area contributed by atoms with E-state index in [2.05, 4.69) is 20.8 Å². The van der Waals surface area contributed by atoms with Crippen molar-refractivity contribution in [3.63, 3.8) is 0 Å². The molecule has 1 aromatic carbocycles. The van der Waals surface area contributed by atoms with Crippen molar-refractivity contribution in [3.05, 3.63) is 42.1 Å². The van der Waals surface area contributed by atoms with E-state index in [1.165, 1.54) is 0 Å². The van der Waals surface area contributed by atoms with Gasteiger partial charge in [0.15, 0.2) is 11.5 Å². The number of hydrogen-bond donors (Lipinski definition) is 2. The summed E-state index contributed by atoms with van der Waals surface area (Å²) in [5.74, 6) is 1.08. The summed E-state index contributed by atoms with van der Waals surface area (Å²) in [5, 5.41) is 14.0. The van der Waals surface area contributed by atoms with E-state index in [9.17, 15) is 4.79 Å². The first-order valence-corrected chi connectivity index (χ1v) is 7.77. The lowest BCUT2D eigenvalue weighted by Crippen LogP contribution is -2.32. The monoisotopic (exact) mass is 314 g/mol. The van der Waals surface area contributed by atoms with Gasteiger partial charge in [-0.05, 0) is 44.5 Å². The number of rotatable bonds is 7. The first kappa shape index (κ1) is 16.7. The summed E-state index contributed by atoms with van der Waals surface area (Å²) in [7, 11) is 0. The molecule has 2 N–H and O–H groups in total. The number of benzene rings is 1. The van der Waals surface area contributed by atoms with Crippen molar-refractivity contribution in [2.75, 3.05) is 11.9 Å². The second-order valence-corrected chi connectivity index (χ2v) is 5.14. The van der Waals surface area contributed by atoms with Gasteiger partial charge in [0.05, 0.1) is 12.3 Å². The number of nitrogens with zero attached hydrogens (tertiary/aromatic N) is 2. The number of hydrogen-bond acceptors (Lipinski definition) is 5. The molecule has 1 heterocycles. The molecular weight excluding hydrogens is 292 g/mol. The number of carbonyl (C=O) groups is 1. The molecule has 0 bridgehead atoms. The Morgan fingerprint density at radius 3 is 2.61 bits per heavy atom. The quantitative estimate of drug-likeness (QED) is 0.821. The Kier molecular flexibility index (Phi) is 5.91. The molecule has 6 nitrogen and oxygen atoms in total. The topological polar surface area (TPSA) is 76.1 Å². The van der Waals surface area contributed by atoms with Gasteiger partial charge in [-0.2, -0.15) is 0 Å². The molecule has 23 heavy (non-hydrogen) atoms.